The number of ether oxygens (including phenoxy) is 1. The van der Waals surface area contributed by atoms with Crippen LogP contribution in [-0.2, 0) is 4.79 Å². The smallest absolute Gasteiger partial charge is 0.344 e. The van der Waals surface area contributed by atoms with Crippen LogP contribution in [0.15, 0.2) is 22.9 Å². The number of rotatable bonds is 3. The quantitative estimate of drug-likeness (QED) is 0.824. The summed E-state index contributed by atoms with van der Waals surface area (Å²) in [7, 11) is 0. The molecule has 1 atom stereocenters. The van der Waals surface area contributed by atoms with Crippen LogP contribution in [0.1, 0.15) is 6.92 Å². The van der Waals surface area contributed by atoms with Gasteiger partial charge in [0.15, 0.2) is 6.10 Å². The van der Waals surface area contributed by atoms with Gasteiger partial charge in [-0.3, -0.25) is 0 Å². The summed E-state index contributed by atoms with van der Waals surface area (Å²) in [6, 6.07) is 3.33. The summed E-state index contributed by atoms with van der Waals surface area (Å²) in [6.45, 7) is 1.46. The van der Waals surface area contributed by atoms with Gasteiger partial charge in [0.1, 0.15) is 10.4 Å². The molecule has 0 bridgehead atoms. The number of hydrogen-bond acceptors (Lipinski definition) is 3. The van der Waals surface area contributed by atoms with Crippen LogP contribution < -0.4 is 4.74 Å². The highest BCUT2D eigenvalue weighted by Gasteiger charge is 2.11. The Morgan fingerprint density at radius 2 is 2.38 bits per heavy atom. The lowest BCUT2D eigenvalue weighted by atomic mass is 10.4. The molecule has 0 aliphatic rings. The van der Waals surface area contributed by atoms with Crippen LogP contribution >= 0.6 is 15.9 Å². The summed E-state index contributed by atoms with van der Waals surface area (Å²) in [5.74, 6) is -0.555. The second-order valence-electron chi connectivity index (χ2n) is 2.41. The van der Waals surface area contributed by atoms with Crippen LogP contribution in [-0.4, -0.2) is 22.2 Å². The molecule has 0 aliphatic carbocycles. The van der Waals surface area contributed by atoms with Gasteiger partial charge in [-0.25, -0.2) is 9.78 Å². The van der Waals surface area contributed by atoms with Gasteiger partial charge >= 0.3 is 5.97 Å². The van der Waals surface area contributed by atoms with E-state index >= 15 is 0 Å². The number of carboxylic acid groups (broad SMARTS) is 1. The molecule has 1 N–H and O–H groups in total. The van der Waals surface area contributed by atoms with E-state index in [1.165, 1.54) is 13.1 Å². The highest BCUT2D eigenvalue weighted by atomic mass is 79.9. The van der Waals surface area contributed by atoms with E-state index < -0.39 is 12.1 Å². The van der Waals surface area contributed by atoms with Gasteiger partial charge in [-0.05, 0) is 35.0 Å². The molecule has 0 amide bonds. The van der Waals surface area contributed by atoms with Crippen molar-refractivity contribution in [2.24, 2.45) is 0 Å². The fourth-order valence-corrected chi connectivity index (χ4v) is 0.921. The van der Waals surface area contributed by atoms with E-state index in [-0.39, 0.29) is 0 Å². The second kappa shape index (κ2) is 4.23. The maximum absolute atomic E-state index is 10.4. The van der Waals surface area contributed by atoms with Crippen LogP contribution in [0.5, 0.6) is 5.75 Å². The molecule has 70 valence electrons. The van der Waals surface area contributed by atoms with E-state index in [0.717, 1.165) is 0 Å². The SMILES string of the molecule is C[C@H](Oc1ccc(Br)nc1)C(=O)O. The molecular formula is C8H8BrNO3. The zero-order valence-corrected chi connectivity index (χ0v) is 8.48. The normalized spacial score (nSPS) is 12.2. The Morgan fingerprint density at radius 3 is 2.85 bits per heavy atom. The largest absolute Gasteiger partial charge is 0.479 e. The Balaban J connectivity index is 2.64. The fourth-order valence-electron chi connectivity index (χ4n) is 0.686. The molecule has 0 fully saturated rings. The summed E-state index contributed by atoms with van der Waals surface area (Å²) in [4.78, 5) is 14.3. The molecule has 0 saturated heterocycles. The van der Waals surface area contributed by atoms with Crippen LogP contribution in [0, 0.1) is 0 Å². The molecule has 0 radical (unpaired) electrons. The third-order valence-electron chi connectivity index (χ3n) is 1.36. The topological polar surface area (TPSA) is 59.4 Å². The lowest BCUT2D eigenvalue weighted by molar-refractivity contribution is -0.144. The van der Waals surface area contributed by atoms with E-state index in [1.807, 2.05) is 0 Å². The number of nitrogens with zero attached hydrogens (tertiary/aromatic N) is 1. The Labute approximate surface area is 83.7 Å². The lowest BCUT2D eigenvalue weighted by Gasteiger charge is -2.09. The van der Waals surface area contributed by atoms with E-state index in [2.05, 4.69) is 20.9 Å². The van der Waals surface area contributed by atoms with Crippen LogP contribution in [0.4, 0.5) is 0 Å². The Morgan fingerprint density at radius 1 is 1.69 bits per heavy atom. The van der Waals surface area contributed by atoms with E-state index in [0.29, 0.717) is 10.4 Å². The molecule has 0 unspecified atom stereocenters. The molecular weight excluding hydrogens is 238 g/mol. The summed E-state index contributed by atoms with van der Waals surface area (Å²) in [5, 5.41) is 8.54. The Kier molecular flexibility index (Phi) is 3.25. The number of carbonyl (C=O) groups is 1. The fraction of sp³-hybridized carbons (Fsp3) is 0.250. The highest BCUT2D eigenvalue weighted by Crippen LogP contribution is 2.13. The predicted molar refractivity (Wildman–Crippen MR) is 49.7 cm³/mol. The van der Waals surface area contributed by atoms with Crippen molar-refractivity contribution in [2.45, 2.75) is 13.0 Å². The van der Waals surface area contributed by atoms with Gasteiger partial charge in [-0.2, -0.15) is 0 Å². The van der Waals surface area contributed by atoms with Gasteiger partial charge < -0.3 is 9.84 Å². The molecule has 1 rings (SSSR count). The van der Waals surface area contributed by atoms with Crippen molar-refractivity contribution in [3.63, 3.8) is 0 Å². The molecule has 5 heteroatoms. The molecule has 13 heavy (non-hydrogen) atoms. The van der Waals surface area contributed by atoms with Gasteiger partial charge in [-0.1, -0.05) is 0 Å². The number of hydrogen-bond donors (Lipinski definition) is 1. The molecule has 1 aromatic heterocycles. The minimum Gasteiger partial charge on any atom is -0.479 e. The van der Waals surface area contributed by atoms with Gasteiger partial charge in [0.25, 0.3) is 0 Å². The Hall–Kier alpha value is -1.10. The molecule has 0 aliphatic heterocycles. The Bertz CT molecular complexity index is 299. The highest BCUT2D eigenvalue weighted by molar-refractivity contribution is 9.10. The van der Waals surface area contributed by atoms with E-state index in [4.69, 9.17) is 9.84 Å². The van der Waals surface area contributed by atoms with Crippen molar-refractivity contribution in [1.29, 1.82) is 0 Å². The summed E-state index contributed by atoms with van der Waals surface area (Å²) in [5.41, 5.74) is 0. The number of aromatic nitrogens is 1. The summed E-state index contributed by atoms with van der Waals surface area (Å²) < 4.78 is 5.73. The lowest BCUT2D eigenvalue weighted by Crippen LogP contribution is -2.22. The van der Waals surface area contributed by atoms with Crippen molar-refractivity contribution in [2.75, 3.05) is 0 Å². The predicted octanol–water partition coefficient (Wildman–Crippen LogP) is 1.70. The van der Waals surface area contributed by atoms with Crippen molar-refractivity contribution >= 4 is 21.9 Å². The third-order valence-corrected chi connectivity index (χ3v) is 1.83. The van der Waals surface area contributed by atoms with Gasteiger partial charge in [0.2, 0.25) is 0 Å². The summed E-state index contributed by atoms with van der Waals surface area (Å²) >= 11 is 3.16. The molecule has 4 nitrogen and oxygen atoms in total. The van der Waals surface area contributed by atoms with E-state index in [1.54, 1.807) is 12.1 Å². The number of halogens is 1. The molecule has 1 aromatic rings. The third kappa shape index (κ3) is 3.02. The average molecular weight is 246 g/mol. The van der Waals surface area contributed by atoms with Crippen molar-refractivity contribution in [3.8, 4) is 5.75 Å². The maximum Gasteiger partial charge on any atom is 0.344 e. The van der Waals surface area contributed by atoms with Gasteiger partial charge in [0, 0.05) is 0 Å². The average Bonchev–Trinajstić information content (AvgIpc) is 2.08. The van der Waals surface area contributed by atoms with E-state index in [9.17, 15) is 4.79 Å². The molecule has 1 heterocycles. The van der Waals surface area contributed by atoms with Crippen LogP contribution in [0.3, 0.4) is 0 Å². The zero-order chi connectivity index (χ0) is 9.84. The van der Waals surface area contributed by atoms with Crippen LogP contribution in [0.25, 0.3) is 0 Å². The number of pyridine rings is 1. The minimum atomic E-state index is -0.997. The van der Waals surface area contributed by atoms with Crippen molar-refractivity contribution in [3.05, 3.63) is 22.9 Å². The van der Waals surface area contributed by atoms with Crippen molar-refractivity contribution < 1.29 is 14.6 Å². The zero-order valence-electron chi connectivity index (χ0n) is 6.90. The first-order valence-electron chi connectivity index (χ1n) is 3.60. The maximum atomic E-state index is 10.4. The standard InChI is InChI=1S/C8H8BrNO3/c1-5(8(11)12)13-6-2-3-7(9)10-4-6/h2-5H,1H3,(H,11,12)/t5-/m0/s1. The summed E-state index contributed by atoms with van der Waals surface area (Å²) in [6.07, 6.45) is 0.603. The molecule has 0 saturated carbocycles. The number of aliphatic carboxylic acids is 1. The minimum absolute atomic E-state index is 0.443. The second-order valence-corrected chi connectivity index (χ2v) is 3.23. The molecule has 0 aromatic carbocycles. The first kappa shape index (κ1) is 9.98. The molecule has 0 spiro atoms. The van der Waals surface area contributed by atoms with Gasteiger partial charge in [0.05, 0.1) is 6.20 Å². The van der Waals surface area contributed by atoms with Crippen molar-refractivity contribution in [1.82, 2.24) is 4.98 Å². The first-order valence-corrected chi connectivity index (χ1v) is 4.40. The van der Waals surface area contributed by atoms with Gasteiger partial charge in [-0.15, -0.1) is 0 Å². The number of carboxylic acids is 1. The first-order chi connectivity index (χ1) is 6.09. The van der Waals surface area contributed by atoms with Crippen LogP contribution in [0.2, 0.25) is 0 Å². The monoisotopic (exact) mass is 245 g/mol.